The van der Waals surface area contributed by atoms with E-state index >= 15 is 0 Å². The van der Waals surface area contributed by atoms with E-state index in [-0.39, 0.29) is 5.91 Å². The number of anilines is 1. The molecule has 3 rings (SSSR count). The Bertz CT molecular complexity index is 943. The van der Waals surface area contributed by atoms with Gasteiger partial charge in [-0.2, -0.15) is 0 Å². The molecular formula is C20H22N4O2. The molecule has 0 aliphatic rings. The smallest absolute Gasteiger partial charge is 0.253 e. The molecule has 1 amide bonds. The molecule has 0 radical (unpaired) electrons. The Morgan fingerprint density at radius 1 is 1.19 bits per heavy atom. The first-order valence-electron chi connectivity index (χ1n) is 8.37. The number of hydrogen-bond donors (Lipinski definition) is 1. The quantitative estimate of drug-likeness (QED) is 0.778. The standard InChI is InChI=1S/C20H22N4O2/c1-12-8-9-17(19(21)22-12)15-6-5-7-16(10-15)20(25)24(4)11-18-13(2)23-26-14(18)3/h5-10H,11H2,1-4H3,(H2,21,22). The van der Waals surface area contributed by atoms with Crippen molar-refractivity contribution < 1.29 is 9.32 Å². The van der Waals surface area contributed by atoms with Gasteiger partial charge in [-0.05, 0) is 50.6 Å². The Hall–Kier alpha value is -3.15. The van der Waals surface area contributed by atoms with Crippen LogP contribution in [0.5, 0.6) is 0 Å². The highest BCUT2D eigenvalue weighted by Crippen LogP contribution is 2.26. The van der Waals surface area contributed by atoms with Gasteiger partial charge in [0.2, 0.25) is 0 Å². The second-order valence-corrected chi connectivity index (χ2v) is 6.43. The molecule has 0 aliphatic carbocycles. The Morgan fingerprint density at radius 3 is 2.62 bits per heavy atom. The number of benzene rings is 1. The van der Waals surface area contributed by atoms with Gasteiger partial charge in [-0.15, -0.1) is 0 Å². The number of carbonyl (C=O) groups is 1. The summed E-state index contributed by atoms with van der Waals surface area (Å²) >= 11 is 0. The molecule has 134 valence electrons. The van der Waals surface area contributed by atoms with E-state index in [4.69, 9.17) is 10.3 Å². The molecule has 2 N–H and O–H groups in total. The zero-order valence-corrected chi connectivity index (χ0v) is 15.4. The summed E-state index contributed by atoms with van der Waals surface area (Å²) in [6.07, 6.45) is 0. The lowest BCUT2D eigenvalue weighted by molar-refractivity contribution is 0.0784. The normalized spacial score (nSPS) is 10.8. The Balaban J connectivity index is 1.86. The lowest BCUT2D eigenvalue weighted by Crippen LogP contribution is -2.26. The molecule has 2 aromatic heterocycles. The molecule has 2 heterocycles. The van der Waals surface area contributed by atoms with E-state index in [2.05, 4.69) is 10.1 Å². The number of pyridine rings is 1. The molecule has 0 aliphatic heterocycles. The second kappa shape index (κ2) is 7.00. The molecule has 0 fully saturated rings. The first-order chi connectivity index (χ1) is 12.4. The summed E-state index contributed by atoms with van der Waals surface area (Å²) in [5, 5.41) is 3.94. The van der Waals surface area contributed by atoms with E-state index < -0.39 is 0 Å². The third-order valence-corrected chi connectivity index (χ3v) is 4.41. The summed E-state index contributed by atoms with van der Waals surface area (Å²) in [4.78, 5) is 18.8. The van der Waals surface area contributed by atoms with E-state index in [0.717, 1.165) is 33.8 Å². The number of nitrogens with zero attached hydrogens (tertiary/aromatic N) is 3. The fraction of sp³-hybridized carbons (Fsp3) is 0.250. The molecule has 3 aromatic rings. The summed E-state index contributed by atoms with van der Waals surface area (Å²) < 4.78 is 5.17. The van der Waals surface area contributed by atoms with Crippen molar-refractivity contribution in [1.82, 2.24) is 15.0 Å². The van der Waals surface area contributed by atoms with Crippen molar-refractivity contribution in [2.75, 3.05) is 12.8 Å². The summed E-state index contributed by atoms with van der Waals surface area (Å²) in [7, 11) is 1.77. The molecule has 0 bridgehead atoms. The molecule has 26 heavy (non-hydrogen) atoms. The first-order valence-corrected chi connectivity index (χ1v) is 8.37. The van der Waals surface area contributed by atoms with Gasteiger partial charge in [0.25, 0.3) is 5.91 Å². The largest absolute Gasteiger partial charge is 0.383 e. The number of carbonyl (C=O) groups excluding carboxylic acids is 1. The number of nitrogens with two attached hydrogens (primary N) is 1. The fourth-order valence-corrected chi connectivity index (χ4v) is 2.90. The first kappa shape index (κ1) is 17.7. The van der Waals surface area contributed by atoms with Crippen molar-refractivity contribution in [1.29, 1.82) is 0 Å². The van der Waals surface area contributed by atoms with Crippen LogP contribution in [0.1, 0.15) is 33.1 Å². The van der Waals surface area contributed by atoms with Gasteiger partial charge in [-0.3, -0.25) is 4.79 Å². The molecule has 0 saturated carbocycles. The predicted octanol–water partition coefficient (Wildman–Crippen LogP) is 3.52. The lowest BCUT2D eigenvalue weighted by Gasteiger charge is -2.17. The number of rotatable bonds is 4. The van der Waals surface area contributed by atoms with E-state index in [0.29, 0.717) is 17.9 Å². The molecule has 0 atom stereocenters. The van der Waals surface area contributed by atoms with Crippen LogP contribution in [-0.2, 0) is 6.54 Å². The number of aromatic nitrogens is 2. The Labute approximate surface area is 152 Å². The maximum atomic E-state index is 12.8. The van der Waals surface area contributed by atoms with Gasteiger partial charge in [-0.1, -0.05) is 17.3 Å². The van der Waals surface area contributed by atoms with Crippen LogP contribution in [0.25, 0.3) is 11.1 Å². The SMILES string of the molecule is Cc1ccc(-c2cccc(C(=O)N(C)Cc3c(C)noc3C)c2)c(N)n1. The van der Waals surface area contributed by atoms with Gasteiger partial charge in [0.1, 0.15) is 11.6 Å². The summed E-state index contributed by atoms with van der Waals surface area (Å²) in [6, 6.07) is 11.3. The van der Waals surface area contributed by atoms with Crippen molar-refractivity contribution >= 4 is 11.7 Å². The maximum Gasteiger partial charge on any atom is 0.253 e. The molecule has 0 spiro atoms. The molecule has 0 unspecified atom stereocenters. The minimum atomic E-state index is -0.0782. The van der Waals surface area contributed by atoms with Crippen molar-refractivity contribution in [3.05, 3.63) is 64.7 Å². The summed E-state index contributed by atoms with van der Waals surface area (Å²) in [5.41, 5.74) is 10.9. The van der Waals surface area contributed by atoms with E-state index in [1.54, 1.807) is 18.0 Å². The number of aryl methyl sites for hydroxylation is 3. The zero-order valence-electron chi connectivity index (χ0n) is 15.4. The lowest BCUT2D eigenvalue weighted by atomic mass is 10.0. The van der Waals surface area contributed by atoms with Crippen LogP contribution in [0.15, 0.2) is 40.9 Å². The van der Waals surface area contributed by atoms with Crippen LogP contribution in [0.3, 0.4) is 0 Å². The van der Waals surface area contributed by atoms with Gasteiger partial charge in [0, 0.05) is 29.4 Å². The zero-order chi connectivity index (χ0) is 18.8. The fourth-order valence-electron chi connectivity index (χ4n) is 2.90. The Morgan fingerprint density at radius 2 is 1.96 bits per heavy atom. The molecule has 0 saturated heterocycles. The third kappa shape index (κ3) is 3.44. The minimum Gasteiger partial charge on any atom is -0.383 e. The summed E-state index contributed by atoms with van der Waals surface area (Å²) in [6.45, 7) is 6.06. The average molecular weight is 350 g/mol. The van der Waals surface area contributed by atoms with Crippen LogP contribution in [-0.4, -0.2) is 28.0 Å². The van der Waals surface area contributed by atoms with Crippen molar-refractivity contribution in [3.63, 3.8) is 0 Å². The van der Waals surface area contributed by atoms with E-state index in [1.165, 1.54) is 0 Å². The monoisotopic (exact) mass is 350 g/mol. The van der Waals surface area contributed by atoms with Gasteiger partial charge in [0.05, 0.1) is 12.2 Å². The molecular weight excluding hydrogens is 328 g/mol. The maximum absolute atomic E-state index is 12.8. The highest BCUT2D eigenvalue weighted by atomic mass is 16.5. The second-order valence-electron chi connectivity index (χ2n) is 6.43. The predicted molar refractivity (Wildman–Crippen MR) is 101 cm³/mol. The number of nitrogen functional groups attached to an aromatic ring is 1. The highest BCUT2D eigenvalue weighted by Gasteiger charge is 2.17. The van der Waals surface area contributed by atoms with Crippen molar-refractivity contribution in [2.45, 2.75) is 27.3 Å². The minimum absolute atomic E-state index is 0.0782. The summed E-state index contributed by atoms with van der Waals surface area (Å²) in [5.74, 6) is 1.11. The van der Waals surface area contributed by atoms with Gasteiger partial charge >= 0.3 is 0 Å². The van der Waals surface area contributed by atoms with Gasteiger partial charge < -0.3 is 15.2 Å². The highest BCUT2D eigenvalue weighted by molar-refractivity contribution is 5.95. The third-order valence-electron chi connectivity index (χ3n) is 4.41. The number of amides is 1. The number of hydrogen-bond acceptors (Lipinski definition) is 5. The van der Waals surface area contributed by atoms with Crippen LogP contribution in [0, 0.1) is 20.8 Å². The van der Waals surface area contributed by atoms with Crippen molar-refractivity contribution in [2.24, 2.45) is 0 Å². The van der Waals surface area contributed by atoms with E-state index in [9.17, 15) is 4.79 Å². The topological polar surface area (TPSA) is 85.2 Å². The van der Waals surface area contributed by atoms with Gasteiger partial charge in [0.15, 0.2) is 0 Å². The van der Waals surface area contributed by atoms with Crippen LogP contribution >= 0.6 is 0 Å². The van der Waals surface area contributed by atoms with Crippen molar-refractivity contribution in [3.8, 4) is 11.1 Å². The van der Waals surface area contributed by atoms with Crippen LogP contribution in [0.2, 0.25) is 0 Å². The molecule has 6 heteroatoms. The van der Waals surface area contributed by atoms with Crippen LogP contribution < -0.4 is 5.73 Å². The van der Waals surface area contributed by atoms with Crippen LogP contribution in [0.4, 0.5) is 5.82 Å². The average Bonchev–Trinajstić information content (AvgIpc) is 2.93. The molecule has 6 nitrogen and oxygen atoms in total. The van der Waals surface area contributed by atoms with E-state index in [1.807, 2.05) is 51.1 Å². The Kier molecular flexibility index (Phi) is 4.75. The van der Waals surface area contributed by atoms with Gasteiger partial charge in [-0.25, -0.2) is 4.98 Å². The molecule has 1 aromatic carbocycles.